The maximum atomic E-state index is 12.3. The number of nitrogens with zero attached hydrogens (tertiary/aromatic N) is 1. The fourth-order valence-electron chi connectivity index (χ4n) is 1.69. The number of thiophene rings is 1. The van der Waals surface area contributed by atoms with Gasteiger partial charge in [0.1, 0.15) is 4.21 Å². The second-order valence-electron chi connectivity index (χ2n) is 3.66. The Balaban J connectivity index is 2.29. The standard InChI is InChI=1S/C9H11Br2NO2S2/c10-7-2-1-4-12(6-7)16(13,14)9-8(11)3-5-15-9/h3,5,7H,1-2,4,6H2. The van der Waals surface area contributed by atoms with E-state index in [1.807, 2.05) is 0 Å². The van der Waals surface area contributed by atoms with E-state index in [4.69, 9.17) is 0 Å². The third-order valence-corrected chi connectivity index (χ3v) is 7.75. The number of hydrogen-bond acceptors (Lipinski definition) is 3. The number of alkyl halides is 1. The smallest absolute Gasteiger partial charge is 0.206 e. The molecule has 0 saturated carbocycles. The van der Waals surface area contributed by atoms with Gasteiger partial charge in [-0.15, -0.1) is 11.3 Å². The molecule has 0 spiro atoms. The first kappa shape index (κ1) is 13.0. The quantitative estimate of drug-likeness (QED) is 0.730. The van der Waals surface area contributed by atoms with Gasteiger partial charge in [-0.1, -0.05) is 15.9 Å². The number of hydrogen-bond donors (Lipinski definition) is 0. The summed E-state index contributed by atoms with van der Waals surface area (Å²) >= 11 is 8.02. The number of rotatable bonds is 2. The van der Waals surface area contributed by atoms with E-state index in [0.29, 0.717) is 21.8 Å². The van der Waals surface area contributed by atoms with Crippen LogP contribution in [-0.4, -0.2) is 30.6 Å². The van der Waals surface area contributed by atoms with E-state index in [-0.39, 0.29) is 4.83 Å². The van der Waals surface area contributed by atoms with Crippen molar-refractivity contribution in [1.29, 1.82) is 0 Å². The van der Waals surface area contributed by atoms with E-state index in [1.54, 1.807) is 15.8 Å². The van der Waals surface area contributed by atoms with Crippen LogP contribution in [0.1, 0.15) is 12.8 Å². The van der Waals surface area contributed by atoms with E-state index in [1.165, 1.54) is 11.3 Å². The van der Waals surface area contributed by atoms with Crippen LogP contribution in [0.25, 0.3) is 0 Å². The van der Waals surface area contributed by atoms with Crippen LogP contribution in [0.15, 0.2) is 20.1 Å². The molecule has 1 aliphatic rings. The predicted octanol–water partition coefficient (Wildman–Crippen LogP) is 3.06. The Hall–Kier alpha value is 0.570. The molecule has 16 heavy (non-hydrogen) atoms. The van der Waals surface area contributed by atoms with Gasteiger partial charge in [-0.3, -0.25) is 0 Å². The van der Waals surface area contributed by atoms with Gasteiger partial charge in [0.25, 0.3) is 10.0 Å². The lowest BCUT2D eigenvalue weighted by Gasteiger charge is -2.28. The molecule has 1 fully saturated rings. The lowest BCUT2D eigenvalue weighted by Crippen LogP contribution is -2.39. The molecule has 1 saturated heterocycles. The van der Waals surface area contributed by atoms with E-state index < -0.39 is 10.0 Å². The van der Waals surface area contributed by atoms with E-state index in [2.05, 4.69) is 31.9 Å². The molecule has 3 nitrogen and oxygen atoms in total. The molecule has 2 heterocycles. The topological polar surface area (TPSA) is 37.4 Å². The van der Waals surface area contributed by atoms with E-state index >= 15 is 0 Å². The minimum absolute atomic E-state index is 0.273. The molecule has 1 atom stereocenters. The normalized spacial score (nSPS) is 23.5. The Kier molecular flexibility index (Phi) is 4.11. The minimum atomic E-state index is -3.31. The molecule has 0 aliphatic carbocycles. The third kappa shape index (κ3) is 2.53. The van der Waals surface area contributed by atoms with Crippen molar-refractivity contribution in [2.24, 2.45) is 0 Å². The maximum Gasteiger partial charge on any atom is 0.253 e. The van der Waals surface area contributed by atoms with Crippen LogP contribution in [0, 0.1) is 0 Å². The Morgan fingerprint density at radius 2 is 2.25 bits per heavy atom. The fourth-order valence-corrected chi connectivity index (χ4v) is 6.53. The van der Waals surface area contributed by atoms with Gasteiger partial charge < -0.3 is 0 Å². The highest BCUT2D eigenvalue weighted by Crippen LogP contribution is 2.32. The van der Waals surface area contributed by atoms with Crippen molar-refractivity contribution in [3.63, 3.8) is 0 Å². The molecule has 1 aromatic rings. The summed E-state index contributed by atoms with van der Waals surface area (Å²) in [5.41, 5.74) is 0. The van der Waals surface area contributed by atoms with Gasteiger partial charge in [0.05, 0.1) is 0 Å². The second-order valence-corrected chi connectivity index (χ2v) is 8.86. The predicted molar refractivity (Wildman–Crippen MR) is 72.7 cm³/mol. The van der Waals surface area contributed by atoms with Gasteiger partial charge in [0.15, 0.2) is 0 Å². The first-order chi connectivity index (χ1) is 7.51. The summed E-state index contributed by atoms with van der Waals surface area (Å²) in [5, 5.41) is 1.78. The maximum absolute atomic E-state index is 12.3. The van der Waals surface area contributed by atoms with Crippen molar-refractivity contribution in [1.82, 2.24) is 4.31 Å². The molecule has 0 radical (unpaired) electrons. The number of halogens is 2. The average molecular weight is 389 g/mol. The van der Waals surface area contributed by atoms with Gasteiger partial charge in [0.2, 0.25) is 0 Å². The molecule has 0 N–H and O–H groups in total. The average Bonchev–Trinajstić information content (AvgIpc) is 2.65. The molecule has 1 unspecified atom stereocenters. The SMILES string of the molecule is O=S(=O)(c1sccc1Br)N1CCCC(Br)C1. The van der Waals surface area contributed by atoms with Crippen LogP contribution in [0.4, 0.5) is 0 Å². The molecular formula is C9H11Br2NO2S2. The van der Waals surface area contributed by atoms with Crippen molar-refractivity contribution < 1.29 is 8.42 Å². The van der Waals surface area contributed by atoms with Crippen LogP contribution in [0.5, 0.6) is 0 Å². The monoisotopic (exact) mass is 387 g/mol. The highest BCUT2D eigenvalue weighted by Gasteiger charge is 2.31. The molecule has 1 aliphatic heterocycles. The minimum Gasteiger partial charge on any atom is -0.206 e. The fraction of sp³-hybridized carbons (Fsp3) is 0.556. The van der Waals surface area contributed by atoms with Crippen LogP contribution in [-0.2, 0) is 10.0 Å². The lowest BCUT2D eigenvalue weighted by atomic mass is 10.2. The van der Waals surface area contributed by atoms with Crippen molar-refractivity contribution in [2.75, 3.05) is 13.1 Å². The van der Waals surface area contributed by atoms with Gasteiger partial charge in [-0.25, -0.2) is 8.42 Å². The van der Waals surface area contributed by atoms with Crippen LogP contribution in [0.2, 0.25) is 0 Å². The van der Waals surface area contributed by atoms with Gasteiger partial charge >= 0.3 is 0 Å². The summed E-state index contributed by atoms with van der Waals surface area (Å²) in [6.45, 7) is 1.18. The molecule has 0 bridgehead atoms. The summed E-state index contributed by atoms with van der Waals surface area (Å²) in [5.74, 6) is 0. The largest absolute Gasteiger partial charge is 0.253 e. The first-order valence-corrected chi connectivity index (χ1v) is 8.92. The van der Waals surface area contributed by atoms with Gasteiger partial charge in [-0.05, 0) is 40.2 Å². The number of sulfonamides is 1. The molecule has 2 rings (SSSR count). The van der Waals surface area contributed by atoms with Crippen LogP contribution >= 0.6 is 43.2 Å². The highest BCUT2D eigenvalue weighted by molar-refractivity contribution is 9.10. The summed E-state index contributed by atoms with van der Waals surface area (Å²) in [7, 11) is -3.31. The summed E-state index contributed by atoms with van der Waals surface area (Å²) < 4.78 is 27.2. The first-order valence-electron chi connectivity index (χ1n) is 4.89. The van der Waals surface area contributed by atoms with Crippen molar-refractivity contribution in [3.8, 4) is 0 Å². The zero-order valence-electron chi connectivity index (χ0n) is 8.40. The summed E-state index contributed by atoms with van der Waals surface area (Å²) in [6.07, 6.45) is 1.95. The molecular weight excluding hydrogens is 378 g/mol. The van der Waals surface area contributed by atoms with E-state index in [9.17, 15) is 8.42 Å². The van der Waals surface area contributed by atoms with Crippen molar-refractivity contribution in [3.05, 3.63) is 15.9 Å². The van der Waals surface area contributed by atoms with Crippen molar-refractivity contribution >= 4 is 53.2 Å². The Bertz CT molecular complexity index is 472. The molecule has 7 heteroatoms. The van der Waals surface area contributed by atoms with Gasteiger partial charge in [-0.2, -0.15) is 4.31 Å². The summed E-state index contributed by atoms with van der Waals surface area (Å²) in [6, 6.07) is 1.77. The molecule has 0 aromatic carbocycles. The van der Waals surface area contributed by atoms with Crippen molar-refractivity contribution in [2.45, 2.75) is 21.9 Å². The van der Waals surface area contributed by atoms with Crippen LogP contribution in [0.3, 0.4) is 0 Å². The third-order valence-electron chi connectivity index (χ3n) is 2.49. The summed E-state index contributed by atoms with van der Waals surface area (Å²) in [4.78, 5) is 0.273. The Morgan fingerprint density at radius 1 is 1.50 bits per heavy atom. The molecule has 0 amide bonds. The molecule has 1 aromatic heterocycles. The zero-order chi connectivity index (χ0) is 11.8. The Labute approximate surface area is 116 Å². The van der Waals surface area contributed by atoms with Crippen LogP contribution < -0.4 is 0 Å². The zero-order valence-corrected chi connectivity index (χ0v) is 13.2. The van der Waals surface area contributed by atoms with E-state index in [0.717, 1.165) is 12.8 Å². The molecule has 90 valence electrons. The second kappa shape index (κ2) is 5.06. The van der Waals surface area contributed by atoms with Gasteiger partial charge in [0, 0.05) is 22.4 Å². The highest BCUT2D eigenvalue weighted by atomic mass is 79.9. The Morgan fingerprint density at radius 3 is 2.81 bits per heavy atom. The number of piperidine rings is 1. The lowest BCUT2D eigenvalue weighted by molar-refractivity contribution is 0.356.